The van der Waals surface area contributed by atoms with Gasteiger partial charge in [0.1, 0.15) is 6.04 Å². The molecule has 0 saturated carbocycles. The number of hydrogen-bond acceptors (Lipinski definition) is 7. The zero-order valence-electron chi connectivity index (χ0n) is 22.8. The van der Waals surface area contributed by atoms with E-state index in [1.54, 1.807) is 41.6 Å². The maximum absolute atomic E-state index is 13.9. The molecule has 1 aromatic heterocycles. The number of sulfonamides is 1. The van der Waals surface area contributed by atoms with Crippen molar-refractivity contribution in [2.24, 2.45) is 5.92 Å². The number of carbonyl (C=O) groups excluding carboxylic acids is 3. The zero-order valence-corrected chi connectivity index (χ0v) is 23.7. The Morgan fingerprint density at radius 3 is 2.33 bits per heavy atom. The van der Waals surface area contributed by atoms with Crippen LogP contribution in [0.25, 0.3) is 0 Å². The van der Waals surface area contributed by atoms with Crippen LogP contribution in [0.4, 0.5) is 5.69 Å². The molecule has 2 aliphatic rings. The van der Waals surface area contributed by atoms with Crippen molar-refractivity contribution in [3.05, 3.63) is 54.4 Å². The van der Waals surface area contributed by atoms with E-state index in [0.717, 1.165) is 24.8 Å². The van der Waals surface area contributed by atoms with Crippen molar-refractivity contribution in [1.29, 1.82) is 0 Å². The first-order valence-corrected chi connectivity index (χ1v) is 15.3. The molecule has 0 aliphatic carbocycles. The van der Waals surface area contributed by atoms with Gasteiger partial charge in [-0.05, 0) is 76.4 Å². The third kappa shape index (κ3) is 7.64. The van der Waals surface area contributed by atoms with Gasteiger partial charge in [-0.25, -0.2) is 13.1 Å². The van der Waals surface area contributed by atoms with E-state index >= 15 is 0 Å². The van der Waals surface area contributed by atoms with Gasteiger partial charge in [-0.2, -0.15) is 0 Å². The monoisotopic (exact) mass is 570 g/mol. The summed E-state index contributed by atoms with van der Waals surface area (Å²) >= 11 is 0. The molecular weight excluding hydrogens is 532 g/mol. The van der Waals surface area contributed by atoms with Gasteiger partial charge >= 0.3 is 0 Å². The van der Waals surface area contributed by atoms with Crippen LogP contribution in [0, 0.1) is 12.8 Å². The number of carbonyl (C=O) groups is 3. The van der Waals surface area contributed by atoms with Crippen LogP contribution < -0.4 is 20.3 Å². The van der Waals surface area contributed by atoms with Crippen molar-refractivity contribution in [1.82, 2.24) is 25.2 Å². The molecule has 2 aliphatic heterocycles. The quantitative estimate of drug-likeness (QED) is 0.390. The van der Waals surface area contributed by atoms with Gasteiger partial charge in [0.15, 0.2) is 0 Å². The Hall–Kier alpha value is -3.35. The number of benzene rings is 1. The van der Waals surface area contributed by atoms with Crippen molar-refractivity contribution >= 4 is 33.4 Å². The third-order valence-corrected chi connectivity index (χ3v) is 8.79. The van der Waals surface area contributed by atoms with E-state index < -0.39 is 28.5 Å². The molecular formula is C28H38N6O5S. The average Bonchev–Trinajstić information content (AvgIpc) is 2.99. The number of aryl methyl sites for hydroxylation is 1. The largest absolute Gasteiger partial charge is 0.352 e. The Balaban J connectivity index is 1.53. The highest BCUT2D eigenvalue weighted by Crippen LogP contribution is 2.25. The summed E-state index contributed by atoms with van der Waals surface area (Å²) in [5.41, 5.74) is 1.45. The molecule has 40 heavy (non-hydrogen) atoms. The van der Waals surface area contributed by atoms with Gasteiger partial charge in [0.05, 0.1) is 11.4 Å². The first kappa shape index (κ1) is 29.6. The maximum atomic E-state index is 13.9. The van der Waals surface area contributed by atoms with Gasteiger partial charge in [0.25, 0.3) is 0 Å². The summed E-state index contributed by atoms with van der Waals surface area (Å²) in [5, 5.41) is 5.97. The molecule has 3 N–H and O–H groups in total. The van der Waals surface area contributed by atoms with Crippen LogP contribution >= 0.6 is 0 Å². The number of nitrogens with one attached hydrogen (secondary N) is 3. The molecule has 2 saturated heterocycles. The summed E-state index contributed by atoms with van der Waals surface area (Å²) in [6.07, 6.45) is 7.23. The SMILES string of the molecule is Cc1ccc(S(=O)(=O)NCC(=O)NCC(C(=O)N2CCCCC2)N(C(=O)C2CCNCC2)c2ccncc2)cc1. The second kappa shape index (κ2) is 13.8. The van der Waals surface area contributed by atoms with Gasteiger partial charge < -0.3 is 15.5 Å². The fourth-order valence-corrected chi connectivity index (χ4v) is 6.06. The van der Waals surface area contributed by atoms with Gasteiger partial charge in [-0.3, -0.25) is 24.3 Å². The third-order valence-electron chi connectivity index (χ3n) is 7.38. The number of nitrogens with zero attached hydrogens (tertiary/aromatic N) is 3. The summed E-state index contributed by atoms with van der Waals surface area (Å²) in [7, 11) is -3.89. The molecule has 3 heterocycles. The lowest BCUT2D eigenvalue weighted by molar-refractivity contribution is -0.136. The highest BCUT2D eigenvalue weighted by Gasteiger charge is 2.38. The predicted molar refractivity (Wildman–Crippen MR) is 151 cm³/mol. The molecule has 0 bridgehead atoms. The summed E-state index contributed by atoms with van der Waals surface area (Å²) in [6.45, 7) is 3.80. The fraction of sp³-hybridized carbons (Fsp3) is 0.500. The minimum Gasteiger partial charge on any atom is -0.352 e. The minimum absolute atomic E-state index is 0.0560. The number of aromatic nitrogens is 1. The zero-order chi connectivity index (χ0) is 28.5. The van der Waals surface area contributed by atoms with E-state index in [-0.39, 0.29) is 29.2 Å². The molecule has 11 nitrogen and oxygen atoms in total. The number of hydrogen-bond donors (Lipinski definition) is 3. The van der Waals surface area contributed by atoms with E-state index in [4.69, 9.17) is 0 Å². The minimum atomic E-state index is -3.89. The van der Waals surface area contributed by atoms with E-state index in [1.165, 1.54) is 17.0 Å². The summed E-state index contributed by atoms with van der Waals surface area (Å²) in [4.78, 5) is 48.0. The lowest BCUT2D eigenvalue weighted by Gasteiger charge is -2.38. The van der Waals surface area contributed by atoms with Crippen LogP contribution in [-0.2, 0) is 24.4 Å². The normalized spacial score (nSPS) is 17.2. The Morgan fingerprint density at radius 2 is 1.68 bits per heavy atom. The molecule has 216 valence electrons. The topological polar surface area (TPSA) is 141 Å². The predicted octanol–water partition coefficient (Wildman–Crippen LogP) is 1.20. The van der Waals surface area contributed by atoms with Crippen LogP contribution in [0.3, 0.4) is 0 Å². The van der Waals surface area contributed by atoms with Crippen molar-refractivity contribution < 1.29 is 22.8 Å². The Labute approximate surface area is 235 Å². The van der Waals surface area contributed by atoms with Gasteiger partial charge in [0, 0.05) is 43.6 Å². The average molecular weight is 571 g/mol. The number of rotatable bonds is 10. The lowest BCUT2D eigenvalue weighted by Crippen LogP contribution is -2.58. The van der Waals surface area contributed by atoms with Crippen LogP contribution in [0.1, 0.15) is 37.7 Å². The van der Waals surface area contributed by atoms with E-state index in [0.29, 0.717) is 44.7 Å². The molecule has 3 amide bonds. The molecule has 1 atom stereocenters. The lowest BCUT2D eigenvalue weighted by atomic mass is 9.95. The van der Waals surface area contributed by atoms with Crippen molar-refractivity contribution in [2.75, 3.05) is 44.2 Å². The van der Waals surface area contributed by atoms with Crippen molar-refractivity contribution in [3.63, 3.8) is 0 Å². The molecule has 12 heteroatoms. The standard InChI is InChI=1S/C28H38N6O5S/c1-21-5-7-24(8-6-21)40(38,39)32-20-26(35)31-19-25(28(37)33-17-3-2-4-18-33)34(23-11-15-30-16-12-23)27(36)22-9-13-29-14-10-22/h5-8,11-12,15-16,22,25,29,32H,2-4,9-10,13-14,17-20H2,1H3,(H,31,35). The number of anilines is 1. The molecule has 0 spiro atoms. The molecule has 2 aromatic rings. The Kier molecular flexibility index (Phi) is 10.2. The van der Waals surface area contributed by atoms with Gasteiger partial charge in [-0.1, -0.05) is 17.7 Å². The van der Waals surface area contributed by atoms with E-state index in [9.17, 15) is 22.8 Å². The van der Waals surface area contributed by atoms with Crippen LogP contribution in [0.15, 0.2) is 53.7 Å². The molecule has 1 unspecified atom stereocenters. The van der Waals surface area contributed by atoms with Crippen molar-refractivity contribution in [2.45, 2.75) is 50.0 Å². The number of amides is 3. The van der Waals surface area contributed by atoms with Crippen LogP contribution in [0.2, 0.25) is 0 Å². The fourth-order valence-electron chi connectivity index (χ4n) is 5.08. The Bertz CT molecular complexity index is 1260. The smallest absolute Gasteiger partial charge is 0.247 e. The molecule has 4 rings (SSSR count). The molecule has 1 aromatic carbocycles. The first-order valence-electron chi connectivity index (χ1n) is 13.8. The van der Waals surface area contributed by atoms with Crippen LogP contribution in [-0.4, -0.2) is 81.3 Å². The first-order chi connectivity index (χ1) is 19.3. The summed E-state index contributed by atoms with van der Waals surface area (Å²) in [5.74, 6) is -1.27. The number of likely N-dealkylation sites (tertiary alicyclic amines) is 1. The summed E-state index contributed by atoms with van der Waals surface area (Å²) < 4.78 is 27.6. The second-order valence-electron chi connectivity index (χ2n) is 10.3. The number of pyridine rings is 1. The summed E-state index contributed by atoms with van der Waals surface area (Å²) in [6, 6.07) is 8.70. The number of piperidine rings is 2. The Morgan fingerprint density at radius 1 is 1.02 bits per heavy atom. The van der Waals surface area contributed by atoms with E-state index in [1.807, 2.05) is 6.92 Å². The van der Waals surface area contributed by atoms with Crippen molar-refractivity contribution in [3.8, 4) is 0 Å². The molecule has 2 fully saturated rings. The molecule has 0 radical (unpaired) electrons. The maximum Gasteiger partial charge on any atom is 0.247 e. The van der Waals surface area contributed by atoms with Gasteiger partial charge in [0.2, 0.25) is 27.7 Å². The van der Waals surface area contributed by atoms with Gasteiger partial charge in [-0.15, -0.1) is 0 Å². The van der Waals surface area contributed by atoms with Crippen LogP contribution in [0.5, 0.6) is 0 Å². The second-order valence-corrected chi connectivity index (χ2v) is 12.0. The highest BCUT2D eigenvalue weighted by atomic mass is 32.2. The highest BCUT2D eigenvalue weighted by molar-refractivity contribution is 7.89. The van der Waals surface area contributed by atoms with E-state index in [2.05, 4.69) is 20.3 Å².